The summed E-state index contributed by atoms with van der Waals surface area (Å²) < 4.78 is 0. The molecule has 1 atom stereocenters. The maximum Gasteiger partial charge on any atom is 0.236 e. The van der Waals surface area contributed by atoms with Gasteiger partial charge in [-0.15, -0.1) is 0 Å². The van der Waals surface area contributed by atoms with Crippen LogP contribution in [-0.4, -0.2) is 116 Å². The molecule has 4 rings (SSSR count). The van der Waals surface area contributed by atoms with E-state index in [0.29, 0.717) is 69.3 Å². The van der Waals surface area contributed by atoms with Gasteiger partial charge in [0.05, 0.1) is 30.2 Å². The number of rotatable bonds is 13. The number of nitrogens with zero attached hydrogens (tertiary/aromatic N) is 6. The van der Waals surface area contributed by atoms with Crippen molar-refractivity contribution in [2.45, 2.75) is 33.2 Å². The van der Waals surface area contributed by atoms with E-state index < -0.39 is 0 Å². The fraction of sp³-hybridized carbons (Fsp3) is 0.441. The molecule has 2 aromatic rings. The molecule has 7 N–H and O–H groups in total. The van der Waals surface area contributed by atoms with Gasteiger partial charge < -0.3 is 31.6 Å². The molecular weight excluding hydrogens is 608 g/mol. The number of pyridine rings is 1. The van der Waals surface area contributed by atoms with Crippen LogP contribution >= 0.6 is 0 Å². The maximum atomic E-state index is 13.7. The Morgan fingerprint density at radius 2 is 1.81 bits per heavy atom. The number of allylic oxidation sites excluding steroid dienone is 1. The Labute approximate surface area is 282 Å². The fourth-order valence-corrected chi connectivity index (χ4v) is 5.76. The van der Waals surface area contributed by atoms with Crippen LogP contribution in [-0.2, 0) is 9.59 Å². The highest BCUT2D eigenvalue weighted by atomic mass is 16.2. The lowest BCUT2D eigenvalue weighted by Crippen LogP contribution is -2.51. The van der Waals surface area contributed by atoms with E-state index in [2.05, 4.69) is 30.4 Å². The third kappa shape index (κ3) is 8.82. The number of anilines is 3. The number of amides is 2. The zero-order valence-electron chi connectivity index (χ0n) is 28.3. The number of hydrogen-bond donors (Lipinski definition) is 6. The number of aliphatic imine (C=N–C) groups is 1. The van der Waals surface area contributed by atoms with Crippen LogP contribution in [0.15, 0.2) is 53.2 Å². The van der Waals surface area contributed by atoms with Gasteiger partial charge in [0, 0.05) is 81.6 Å². The number of nitrogens with two attached hydrogens (primary N) is 1. The summed E-state index contributed by atoms with van der Waals surface area (Å²) in [5, 5.41) is 30.3. The lowest BCUT2D eigenvalue weighted by Gasteiger charge is -2.36. The Bertz CT molecular complexity index is 1540. The summed E-state index contributed by atoms with van der Waals surface area (Å²) in [4.78, 5) is 43.4. The number of hydrogen-bond acceptors (Lipinski definition) is 10. The lowest BCUT2D eigenvalue weighted by molar-refractivity contribution is -0.132. The number of likely N-dealkylation sites (tertiary alicyclic amines) is 1. The van der Waals surface area contributed by atoms with Gasteiger partial charge >= 0.3 is 0 Å². The average Bonchev–Trinajstić information content (AvgIpc) is 3.56. The van der Waals surface area contributed by atoms with Crippen LogP contribution in [0, 0.1) is 22.1 Å². The molecule has 1 aromatic carbocycles. The maximum absolute atomic E-state index is 13.7. The Balaban J connectivity index is 1.31. The first-order chi connectivity index (χ1) is 23.1. The van der Waals surface area contributed by atoms with Gasteiger partial charge in [0.15, 0.2) is 5.84 Å². The number of nitrogens with one attached hydrogen (secondary N) is 5. The first-order valence-corrected chi connectivity index (χ1v) is 16.3. The lowest BCUT2D eigenvalue weighted by atomic mass is 10.1. The fourth-order valence-electron chi connectivity index (χ4n) is 5.76. The second-order valence-corrected chi connectivity index (χ2v) is 12.2. The van der Waals surface area contributed by atoms with Crippen LogP contribution in [0.3, 0.4) is 0 Å². The summed E-state index contributed by atoms with van der Waals surface area (Å²) in [6.07, 6.45) is 4.81. The van der Waals surface area contributed by atoms with Gasteiger partial charge in [0.2, 0.25) is 11.8 Å². The molecule has 1 aromatic heterocycles. The van der Waals surface area contributed by atoms with Gasteiger partial charge in [0.1, 0.15) is 11.5 Å². The van der Waals surface area contributed by atoms with Crippen LogP contribution in [0.5, 0.6) is 0 Å². The molecule has 2 aliphatic heterocycles. The third-order valence-corrected chi connectivity index (χ3v) is 8.47. The molecule has 0 saturated carbocycles. The summed E-state index contributed by atoms with van der Waals surface area (Å²) in [5.74, 6) is 0.299. The van der Waals surface area contributed by atoms with Gasteiger partial charge in [0.25, 0.3) is 0 Å². The monoisotopic (exact) mass is 656 g/mol. The van der Waals surface area contributed by atoms with Crippen LogP contribution in [0.1, 0.15) is 38.4 Å². The van der Waals surface area contributed by atoms with Crippen molar-refractivity contribution in [3.8, 4) is 0 Å². The first-order valence-electron chi connectivity index (χ1n) is 16.3. The van der Waals surface area contributed by atoms with Crippen molar-refractivity contribution in [1.82, 2.24) is 25.4 Å². The molecule has 14 heteroatoms. The molecule has 14 nitrogen and oxygen atoms in total. The summed E-state index contributed by atoms with van der Waals surface area (Å²) in [6, 6.07) is 11.2. The van der Waals surface area contributed by atoms with E-state index in [1.54, 1.807) is 30.3 Å². The van der Waals surface area contributed by atoms with Crippen molar-refractivity contribution in [1.29, 1.82) is 16.2 Å². The van der Waals surface area contributed by atoms with Crippen molar-refractivity contribution < 1.29 is 9.59 Å². The molecule has 48 heavy (non-hydrogen) atoms. The molecule has 0 radical (unpaired) electrons. The van der Waals surface area contributed by atoms with Gasteiger partial charge in [-0.2, -0.15) is 0 Å². The minimum atomic E-state index is -0.280. The van der Waals surface area contributed by atoms with Crippen molar-refractivity contribution >= 4 is 53.1 Å². The minimum absolute atomic E-state index is 0.00217. The van der Waals surface area contributed by atoms with Crippen molar-refractivity contribution in [3.63, 3.8) is 0 Å². The van der Waals surface area contributed by atoms with Crippen molar-refractivity contribution in [3.05, 3.63) is 59.4 Å². The standard InChI is InChI=1S/C34H48N12O2/c1-5-46(29-11-10-28(36)32(42-29)31(37)26(18-35)19-40-23(2)3)34(48)25-12-13-43(20-25)21-30(47)45-16-14-44(15-17-45)27-8-6-24(7-9-27)33(38)41-22-39-4/h6-11,18-19,22-23,25,35,37,40H,5,12-17,20-21,36H2,1-4H3,(H2,38,39,41)/b26-19+,35-18?,37-31?/t25-/m1/s1. The van der Waals surface area contributed by atoms with Crippen molar-refractivity contribution in [2.24, 2.45) is 10.9 Å². The van der Waals surface area contributed by atoms with E-state index in [4.69, 9.17) is 22.0 Å². The number of benzene rings is 1. The molecule has 256 valence electrons. The summed E-state index contributed by atoms with van der Waals surface area (Å²) >= 11 is 0. The zero-order valence-corrected chi connectivity index (χ0v) is 28.3. The van der Waals surface area contributed by atoms with E-state index in [1.807, 2.05) is 49.9 Å². The van der Waals surface area contributed by atoms with Gasteiger partial charge in [-0.1, -0.05) is 0 Å². The Hall–Kier alpha value is -5.11. The number of nitrogen functional groups attached to an aromatic ring is 1. The van der Waals surface area contributed by atoms with Crippen LogP contribution in [0.25, 0.3) is 0 Å². The van der Waals surface area contributed by atoms with E-state index in [1.165, 1.54) is 6.34 Å². The van der Waals surface area contributed by atoms with E-state index in [-0.39, 0.29) is 47.6 Å². The molecule has 2 saturated heterocycles. The molecule has 3 heterocycles. The third-order valence-electron chi connectivity index (χ3n) is 8.47. The second-order valence-electron chi connectivity index (χ2n) is 12.2. The van der Waals surface area contributed by atoms with Crippen LogP contribution < -0.4 is 26.2 Å². The Morgan fingerprint density at radius 1 is 1.10 bits per heavy atom. The van der Waals surface area contributed by atoms with Crippen LogP contribution in [0.4, 0.5) is 17.2 Å². The predicted molar refractivity (Wildman–Crippen MR) is 193 cm³/mol. The normalized spacial score (nSPS) is 17.1. The van der Waals surface area contributed by atoms with E-state index in [9.17, 15) is 9.59 Å². The number of aromatic nitrogens is 1. The van der Waals surface area contributed by atoms with Gasteiger partial charge in [-0.25, -0.2) is 9.98 Å². The molecule has 0 bridgehead atoms. The SMILES string of the molecule is CCN(C(=O)[C@@H]1CCN(CC(=O)N2CCN(c3ccc(C(=N)/N=C\NC)cc3)CC2)C1)c1ccc(N)c(C(=N)/C(C=N)=C/NC(C)C)n1. The number of amidine groups is 1. The molecule has 2 fully saturated rings. The smallest absolute Gasteiger partial charge is 0.236 e. The van der Waals surface area contributed by atoms with Crippen molar-refractivity contribution in [2.75, 3.05) is 74.9 Å². The quantitative estimate of drug-likeness (QED) is 0.139. The summed E-state index contributed by atoms with van der Waals surface area (Å²) in [7, 11) is 1.74. The molecular formula is C34H48N12O2. The predicted octanol–water partition coefficient (Wildman–Crippen LogP) is 2.16. The zero-order chi connectivity index (χ0) is 34.8. The summed E-state index contributed by atoms with van der Waals surface area (Å²) in [5.41, 5.74) is 8.80. The highest BCUT2D eigenvalue weighted by Gasteiger charge is 2.34. The largest absolute Gasteiger partial charge is 0.397 e. The molecule has 2 aliphatic rings. The highest BCUT2D eigenvalue weighted by molar-refractivity contribution is 6.23. The average molecular weight is 657 g/mol. The van der Waals surface area contributed by atoms with E-state index >= 15 is 0 Å². The summed E-state index contributed by atoms with van der Waals surface area (Å²) in [6.45, 7) is 10.3. The Kier molecular flexibility index (Phi) is 12.4. The number of piperazine rings is 1. The number of carbonyl (C=O) groups excluding carboxylic acids is 2. The van der Waals surface area contributed by atoms with Gasteiger partial charge in [-0.3, -0.25) is 30.2 Å². The minimum Gasteiger partial charge on any atom is -0.397 e. The topological polar surface area (TPSA) is 194 Å². The Morgan fingerprint density at radius 3 is 2.44 bits per heavy atom. The number of carbonyl (C=O) groups is 2. The molecule has 0 aliphatic carbocycles. The van der Waals surface area contributed by atoms with Crippen LogP contribution in [0.2, 0.25) is 0 Å². The van der Waals surface area contributed by atoms with Gasteiger partial charge in [-0.05, 0) is 70.1 Å². The second kappa shape index (κ2) is 16.6. The highest BCUT2D eigenvalue weighted by Crippen LogP contribution is 2.25. The molecule has 0 spiro atoms. The molecule has 0 unspecified atom stereocenters. The first kappa shape index (κ1) is 35.7. The van der Waals surface area contributed by atoms with E-state index in [0.717, 1.165) is 17.5 Å². The molecule has 2 amide bonds.